The SMILES string of the molecule is COC(=O)c1cc(S(=O)(=O)N2CCC[C@H]2C(=O)O)ccc1OC. The van der Waals surface area contributed by atoms with E-state index < -0.39 is 28.0 Å². The summed E-state index contributed by atoms with van der Waals surface area (Å²) in [5.74, 6) is -1.75. The summed E-state index contributed by atoms with van der Waals surface area (Å²) in [6.45, 7) is 0.124. The van der Waals surface area contributed by atoms with Gasteiger partial charge in [0, 0.05) is 6.54 Å². The molecule has 1 fully saturated rings. The van der Waals surface area contributed by atoms with Crippen molar-refractivity contribution in [3.8, 4) is 5.75 Å². The molecule has 0 amide bonds. The van der Waals surface area contributed by atoms with E-state index in [9.17, 15) is 18.0 Å². The van der Waals surface area contributed by atoms with Gasteiger partial charge in [0.15, 0.2) is 0 Å². The van der Waals surface area contributed by atoms with E-state index in [4.69, 9.17) is 9.84 Å². The molecule has 0 aromatic heterocycles. The van der Waals surface area contributed by atoms with Crippen molar-refractivity contribution in [2.24, 2.45) is 0 Å². The summed E-state index contributed by atoms with van der Waals surface area (Å²) < 4.78 is 35.9. The van der Waals surface area contributed by atoms with Gasteiger partial charge in [-0.25, -0.2) is 13.2 Å². The number of ether oxygens (including phenoxy) is 2. The van der Waals surface area contributed by atoms with Crippen LogP contribution in [0, 0.1) is 0 Å². The molecule has 2 rings (SSSR count). The minimum Gasteiger partial charge on any atom is -0.496 e. The van der Waals surface area contributed by atoms with E-state index in [1.807, 2.05) is 0 Å². The van der Waals surface area contributed by atoms with Crippen LogP contribution in [0.2, 0.25) is 0 Å². The van der Waals surface area contributed by atoms with Crippen LogP contribution in [0.5, 0.6) is 5.75 Å². The Morgan fingerprint density at radius 3 is 2.57 bits per heavy atom. The largest absolute Gasteiger partial charge is 0.496 e. The van der Waals surface area contributed by atoms with Gasteiger partial charge in [0.2, 0.25) is 10.0 Å². The number of rotatable bonds is 5. The highest BCUT2D eigenvalue weighted by molar-refractivity contribution is 7.89. The number of hydrogen-bond acceptors (Lipinski definition) is 6. The third kappa shape index (κ3) is 3.15. The number of carbonyl (C=O) groups excluding carboxylic acids is 1. The maximum atomic E-state index is 12.7. The monoisotopic (exact) mass is 343 g/mol. The first kappa shape index (κ1) is 17.2. The maximum absolute atomic E-state index is 12.7. The molecule has 0 radical (unpaired) electrons. The predicted molar refractivity (Wildman–Crippen MR) is 78.9 cm³/mol. The van der Waals surface area contributed by atoms with Crippen molar-refractivity contribution in [1.29, 1.82) is 0 Å². The third-order valence-electron chi connectivity index (χ3n) is 3.67. The van der Waals surface area contributed by atoms with Crippen molar-refractivity contribution < 1.29 is 32.6 Å². The summed E-state index contributed by atoms with van der Waals surface area (Å²) in [5.41, 5.74) is -0.0397. The number of benzene rings is 1. The number of carbonyl (C=O) groups is 2. The lowest BCUT2D eigenvalue weighted by Gasteiger charge is -2.21. The number of methoxy groups -OCH3 is 2. The Labute approximate surface area is 133 Å². The Morgan fingerprint density at radius 2 is 2.00 bits per heavy atom. The molecule has 0 bridgehead atoms. The van der Waals surface area contributed by atoms with Crippen molar-refractivity contribution >= 4 is 22.0 Å². The van der Waals surface area contributed by atoms with Crippen LogP contribution in [-0.4, -0.2) is 56.6 Å². The Bertz CT molecular complexity index is 729. The van der Waals surface area contributed by atoms with E-state index >= 15 is 0 Å². The highest BCUT2D eigenvalue weighted by Gasteiger charge is 2.39. The summed E-state index contributed by atoms with van der Waals surface area (Å²) in [5, 5.41) is 9.16. The highest BCUT2D eigenvalue weighted by atomic mass is 32.2. The molecule has 8 nitrogen and oxygen atoms in total. The summed E-state index contributed by atoms with van der Waals surface area (Å²) in [6, 6.07) is 2.66. The average Bonchev–Trinajstić information content (AvgIpc) is 3.04. The van der Waals surface area contributed by atoms with Gasteiger partial charge < -0.3 is 14.6 Å². The summed E-state index contributed by atoms with van der Waals surface area (Å²) >= 11 is 0. The molecule has 126 valence electrons. The predicted octanol–water partition coefficient (Wildman–Crippen LogP) is 0.720. The summed E-state index contributed by atoms with van der Waals surface area (Å²) in [4.78, 5) is 22.8. The fourth-order valence-corrected chi connectivity index (χ4v) is 4.20. The molecule has 0 unspecified atom stereocenters. The fraction of sp³-hybridized carbons (Fsp3) is 0.429. The zero-order chi connectivity index (χ0) is 17.2. The van der Waals surface area contributed by atoms with Crippen LogP contribution in [0.1, 0.15) is 23.2 Å². The number of aliphatic carboxylic acids is 1. The van der Waals surface area contributed by atoms with Gasteiger partial charge in [-0.2, -0.15) is 4.31 Å². The molecule has 1 N–H and O–H groups in total. The first-order chi connectivity index (χ1) is 10.8. The molecular weight excluding hydrogens is 326 g/mol. The maximum Gasteiger partial charge on any atom is 0.341 e. The number of carboxylic acids is 1. The van der Waals surface area contributed by atoms with Gasteiger partial charge in [0.05, 0.1) is 19.1 Å². The highest BCUT2D eigenvalue weighted by Crippen LogP contribution is 2.29. The van der Waals surface area contributed by atoms with Gasteiger partial charge in [0.25, 0.3) is 0 Å². The summed E-state index contributed by atoms with van der Waals surface area (Å²) in [7, 11) is -1.52. The van der Waals surface area contributed by atoms with Gasteiger partial charge in [0.1, 0.15) is 17.4 Å². The van der Waals surface area contributed by atoms with Crippen LogP contribution in [0.15, 0.2) is 23.1 Å². The van der Waals surface area contributed by atoms with Gasteiger partial charge in [-0.15, -0.1) is 0 Å². The minimum absolute atomic E-state index is 0.0397. The number of esters is 1. The molecule has 1 atom stereocenters. The lowest BCUT2D eigenvalue weighted by molar-refractivity contribution is -0.140. The number of nitrogens with zero attached hydrogens (tertiary/aromatic N) is 1. The smallest absolute Gasteiger partial charge is 0.341 e. The van der Waals surface area contributed by atoms with E-state index in [2.05, 4.69) is 4.74 Å². The molecule has 0 aliphatic carbocycles. The first-order valence-corrected chi connectivity index (χ1v) is 8.28. The standard InChI is InChI=1S/C14H17NO7S/c1-21-12-6-5-9(8-10(12)14(18)22-2)23(19,20)15-7-3-4-11(15)13(16)17/h5-6,8,11H,3-4,7H2,1-2H3,(H,16,17)/t11-/m0/s1. The Hall–Kier alpha value is -2.13. The second-order valence-corrected chi connectivity index (χ2v) is 6.86. The second-order valence-electron chi connectivity index (χ2n) is 4.97. The van der Waals surface area contributed by atoms with E-state index in [1.165, 1.54) is 26.4 Å². The van der Waals surface area contributed by atoms with E-state index in [1.54, 1.807) is 0 Å². The van der Waals surface area contributed by atoms with Crippen molar-refractivity contribution in [1.82, 2.24) is 4.31 Å². The molecule has 1 aliphatic rings. The van der Waals surface area contributed by atoms with Gasteiger partial charge in [-0.05, 0) is 31.0 Å². The van der Waals surface area contributed by atoms with E-state index in [0.29, 0.717) is 6.42 Å². The zero-order valence-electron chi connectivity index (χ0n) is 12.7. The minimum atomic E-state index is -4.03. The van der Waals surface area contributed by atoms with Gasteiger partial charge in [-0.3, -0.25) is 4.79 Å². The molecule has 1 aliphatic heterocycles. The van der Waals surface area contributed by atoms with Crippen LogP contribution in [0.3, 0.4) is 0 Å². The van der Waals surface area contributed by atoms with Crippen molar-refractivity contribution in [2.75, 3.05) is 20.8 Å². The summed E-state index contributed by atoms with van der Waals surface area (Å²) in [6.07, 6.45) is 0.727. The topological polar surface area (TPSA) is 110 Å². The molecular formula is C14H17NO7S. The van der Waals surface area contributed by atoms with Crippen LogP contribution < -0.4 is 4.74 Å². The van der Waals surface area contributed by atoms with E-state index in [-0.39, 0.29) is 29.2 Å². The lowest BCUT2D eigenvalue weighted by Crippen LogP contribution is -2.40. The van der Waals surface area contributed by atoms with Crippen molar-refractivity contribution in [3.63, 3.8) is 0 Å². The third-order valence-corrected chi connectivity index (χ3v) is 5.58. The molecule has 1 saturated heterocycles. The number of carboxylic acid groups (broad SMARTS) is 1. The molecule has 23 heavy (non-hydrogen) atoms. The van der Waals surface area contributed by atoms with E-state index in [0.717, 1.165) is 10.4 Å². The fourth-order valence-electron chi connectivity index (χ4n) is 2.53. The Morgan fingerprint density at radius 1 is 1.30 bits per heavy atom. The normalized spacial score (nSPS) is 18.6. The van der Waals surface area contributed by atoms with Gasteiger partial charge >= 0.3 is 11.9 Å². The molecule has 0 spiro atoms. The lowest BCUT2D eigenvalue weighted by atomic mass is 10.2. The quantitative estimate of drug-likeness (QED) is 0.784. The first-order valence-electron chi connectivity index (χ1n) is 6.84. The van der Waals surface area contributed by atoms with Crippen molar-refractivity contribution in [3.05, 3.63) is 23.8 Å². The zero-order valence-corrected chi connectivity index (χ0v) is 13.5. The molecule has 9 heteroatoms. The Kier molecular flexibility index (Phi) is 4.90. The van der Waals surface area contributed by atoms with Crippen LogP contribution >= 0.6 is 0 Å². The van der Waals surface area contributed by atoms with Crippen molar-refractivity contribution in [2.45, 2.75) is 23.8 Å². The van der Waals surface area contributed by atoms with Crippen LogP contribution in [-0.2, 0) is 19.6 Å². The van der Waals surface area contributed by atoms with Crippen LogP contribution in [0.4, 0.5) is 0 Å². The molecule has 1 aromatic carbocycles. The second kappa shape index (κ2) is 6.55. The van der Waals surface area contributed by atoms with Crippen LogP contribution in [0.25, 0.3) is 0 Å². The Balaban J connectivity index is 2.48. The number of sulfonamides is 1. The average molecular weight is 343 g/mol. The number of hydrogen-bond donors (Lipinski definition) is 1. The van der Waals surface area contributed by atoms with Gasteiger partial charge in [-0.1, -0.05) is 0 Å². The molecule has 1 aromatic rings. The molecule has 0 saturated carbocycles. The molecule has 1 heterocycles.